The van der Waals surface area contributed by atoms with Gasteiger partial charge >= 0.3 is 0 Å². The smallest absolute Gasteiger partial charge is 0.0195 e. The molecular formula is C13H28N2. The highest BCUT2D eigenvalue weighted by Crippen LogP contribution is 2.26. The van der Waals surface area contributed by atoms with E-state index in [1.807, 2.05) is 0 Å². The minimum atomic E-state index is 0.397. The summed E-state index contributed by atoms with van der Waals surface area (Å²) >= 11 is 0. The lowest BCUT2D eigenvalue weighted by Gasteiger charge is -2.42. The zero-order chi connectivity index (χ0) is 11.5. The van der Waals surface area contributed by atoms with Crippen molar-refractivity contribution in [1.82, 2.24) is 10.2 Å². The maximum atomic E-state index is 3.58. The third kappa shape index (κ3) is 3.76. The van der Waals surface area contributed by atoms with Crippen LogP contribution >= 0.6 is 0 Å². The molecule has 1 N–H and O–H groups in total. The van der Waals surface area contributed by atoms with Crippen molar-refractivity contribution in [3.8, 4) is 0 Å². The SMILES string of the molecule is CCNC1CCCN(C(C)C(C)(C)C)C1. The van der Waals surface area contributed by atoms with Crippen LogP contribution < -0.4 is 5.32 Å². The Bertz CT molecular complexity index is 181. The third-order valence-electron chi connectivity index (χ3n) is 3.75. The molecular weight excluding hydrogens is 184 g/mol. The second-order valence-electron chi connectivity index (χ2n) is 5.93. The second kappa shape index (κ2) is 5.31. The van der Waals surface area contributed by atoms with Gasteiger partial charge in [0.2, 0.25) is 0 Å². The average molecular weight is 212 g/mol. The fourth-order valence-corrected chi connectivity index (χ4v) is 2.36. The Morgan fingerprint density at radius 1 is 1.40 bits per heavy atom. The van der Waals surface area contributed by atoms with Crippen LogP contribution in [-0.2, 0) is 0 Å². The normalized spacial score (nSPS) is 26.6. The molecule has 15 heavy (non-hydrogen) atoms. The van der Waals surface area contributed by atoms with Gasteiger partial charge in [0, 0.05) is 18.6 Å². The van der Waals surface area contributed by atoms with E-state index in [4.69, 9.17) is 0 Å². The first-order valence-corrected chi connectivity index (χ1v) is 6.42. The summed E-state index contributed by atoms with van der Waals surface area (Å²) in [4.78, 5) is 2.65. The van der Waals surface area contributed by atoms with Gasteiger partial charge in [0.15, 0.2) is 0 Å². The summed E-state index contributed by atoms with van der Waals surface area (Å²) in [5.74, 6) is 0. The number of piperidine rings is 1. The Kier molecular flexibility index (Phi) is 4.60. The van der Waals surface area contributed by atoms with Gasteiger partial charge < -0.3 is 5.32 Å². The predicted molar refractivity (Wildman–Crippen MR) is 67.2 cm³/mol. The van der Waals surface area contributed by atoms with Crippen molar-refractivity contribution < 1.29 is 0 Å². The summed E-state index contributed by atoms with van der Waals surface area (Å²) < 4.78 is 0. The largest absolute Gasteiger partial charge is 0.313 e. The minimum Gasteiger partial charge on any atom is -0.313 e. The van der Waals surface area contributed by atoms with E-state index in [1.54, 1.807) is 0 Å². The van der Waals surface area contributed by atoms with E-state index in [2.05, 4.69) is 44.8 Å². The van der Waals surface area contributed by atoms with Crippen LogP contribution in [-0.4, -0.2) is 36.6 Å². The van der Waals surface area contributed by atoms with Crippen LogP contribution in [0.4, 0.5) is 0 Å². The van der Waals surface area contributed by atoms with Gasteiger partial charge in [-0.2, -0.15) is 0 Å². The molecule has 1 aliphatic heterocycles. The maximum Gasteiger partial charge on any atom is 0.0195 e. The number of nitrogens with one attached hydrogen (secondary N) is 1. The lowest BCUT2D eigenvalue weighted by Crippen LogP contribution is -2.52. The molecule has 0 radical (unpaired) electrons. The van der Waals surface area contributed by atoms with Crippen molar-refractivity contribution in [2.45, 2.75) is 59.5 Å². The second-order valence-corrected chi connectivity index (χ2v) is 5.93. The van der Waals surface area contributed by atoms with Crippen LogP contribution in [0, 0.1) is 5.41 Å². The summed E-state index contributed by atoms with van der Waals surface area (Å²) in [6.07, 6.45) is 2.69. The molecule has 1 fully saturated rings. The summed E-state index contributed by atoms with van der Waals surface area (Å²) in [5, 5.41) is 3.58. The van der Waals surface area contributed by atoms with Gasteiger partial charge in [0.1, 0.15) is 0 Å². The highest BCUT2D eigenvalue weighted by atomic mass is 15.2. The summed E-state index contributed by atoms with van der Waals surface area (Å²) in [5.41, 5.74) is 0.397. The third-order valence-corrected chi connectivity index (χ3v) is 3.75. The van der Waals surface area contributed by atoms with Crippen molar-refractivity contribution in [1.29, 1.82) is 0 Å². The first-order valence-electron chi connectivity index (χ1n) is 6.42. The predicted octanol–water partition coefficient (Wildman–Crippen LogP) is 2.49. The van der Waals surface area contributed by atoms with Gasteiger partial charge in [-0.05, 0) is 38.3 Å². The molecule has 2 nitrogen and oxygen atoms in total. The van der Waals surface area contributed by atoms with Crippen molar-refractivity contribution >= 4 is 0 Å². The maximum absolute atomic E-state index is 3.58. The van der Waals surface area contributed by atoms with Gasteiger partial charge in [-0.3, -0.25) is 4.90 Å². The highest BCUT2D eigenvalue weighted by Gasteiger charge is 2.29. The van der Waals surface area contributed by atoms with Gasteiger partial charge in [0.25, 0.3) is 0 Å². The topological polar surface area (TPSA) is 15.3 Å². The van der Waals surface area contributed by atoms with E-state index in [1.165, 1.54) is 25.9 Å². The quantitative estimate of drug-likeness (QED) is 0.773. The molecule has 0 spiro atoms. The minimum absolute atomic E-state index is 0.397. The number of likely N-dealkylation sites (N-methyl/N-ethyl adjacent to an activating group) is 1. The van der Waals surface area contributed by atoms with Crippen molar-refractivity contribution in [3.05, 3.63) is 0 Å². The number of likely N-dealkylation sites (tertiary alicyclic amines) is 1. The van der Waals surface area contributed by atoms with Crippen LogP contribution in [0.15, 0.2) is 0 Å². The van der Waals surface area contributed by atoms with Crippen LogP contribution in [0.25, 0.3) is 0 Å². The molecule has 0 bridgehead atoms. The lowest BCUT2D eigenvalue weighted by molar-refractivity contribution is 0.0782. The zero-order valence-corrected chi connectivity index (χ0v) is 11.1. The number of nitrogens with zero attached hydrogens (tertiary/aromatic N) is 1. The van der Waals surface area contributed by atoms with Crippen LogP contribution in [0.2, 0.25) is 0 Å². The Hall–Kier alpha value is -0.0800. The molecule has 0 aromatic rings. The summed E-state index contributed by atoms with van der Waals surface area (Å²) in [7, 11) is 0. The Labute approximate surface area is 95.4 Å². The molecule has 0 aromatic carbocycles. The molecule has 1 rings (SSSR count). The van der Waals surface area contributed by atoms with Crippen LogP contribution in [0.1, 0.15) is 47.5 Å². The molecule has 0 aromatic heterocycles. The van der Waals surface area contributed by atoms with E-state index in [0.29, 0.717) is 17.5 Å². The molecule has 90 valence electrons. The van der Waals surface area contributed by atoms with Crippen molar-refractivity contribution in [2.75, 3.05) is 19.6 Å². The number of hydrogen-bond acceptors (Lipinski definition) is 2. The molecule has 0 amide bonds. The molecule has 2 atom stereocenters. The van der Waals surface area contributed by atoms with Gasteiger partial charge in [-0.25, -0.2) is 0 Å². The van der Waals surface area contributed by atoms with Crippen LogP contribution in [0.5, 0.6) is 0 Å². The van der Waals surface area contributed by atoms with E-state index in [0.717, 1.165) is 6.54 Å². The monoisotopic (exact) mass is 212 g/mol. The molecule has 0 aliphatic carbocycles. The summed E-state index contributed by atoms with van der Waals surface area (Å²) in [6.45, 7) is 15.2. The number of hydrogen-bond donors (Lipinski definition) is 1. The Balaban J connectivity index is 2.48. The average Bonchev–Trinajstić information content (AvgIpc) is 2.16. The van der Waals surface area contributed by atoms with Gasteiger partial charge in [0.05, 0.1) is 0 Å². The van der Waals surface area contributed by atoms with E-state index < -0.39 is 0 Å². The van der Waals surface area contributed by atoms with Crippen molar-refractivity contribution in [3.63, 3.8) is 0 Å². The Morgan fingerprint density at radius 3 is 2.60 bits per heavy atom. The first kappa shape index (κ1) is 13.0. The summed E-state index contributed by atoms with van der Waals surface area (Å²) in [6, 6.07) is 1.40. The lowest BCUT2D eigenvalue weighted by atomic mass is 9.85. The molecule has 2 unspecified atom stereocenters. The van der Waals surface area contributed by atoms with Crippen molar-refractivity contribution in [2.24, 2.45) is 5.41 Å². The van der Waals surface area contributed by atoms with Crippen LogP contribution in [0.3, 0.4) is 0 Å². The Morgan fingerprint density at radius 2 is 2.07 bits per heavy atom. The fourth-order valence-electron chi connectivity index (χ4n) is 2.36. The van der Waals surface area contributed by atoms with E-state index in [-0.39, 0.29) is 0 Å². The standard InChI is InChI=1S/C13H28N2/c1-6-14-12-8-7-9-15(10-12)11(2)13(3,4)5/h11-12,14H,6-10H2,1-5H3. The zero-order valence-electron chi connectivity index (χ0n) is 11.1. The van der Waals surface area contributed by atoms with Gasteiger partial charge in [-0.15, -0.1) is 0 Å². The highest BCUT2D eigenvalue weighted by molar-refractivity contribution is 4.85. The van der Waals surface area contributed by atoms with E-state index in [9.17, 15) is 0 Å². The van der Waals surface area contributed by atoms with Gasteiger partial charge in [-0.1, -0.05) is 27.7 Å². The molecule has 1 saturated heterocycles. The molecule has 0 saturated carbocycles. The molecule has 1 aliphatic rings. The number of rotatable bonds is 3. The molecule has 2 heteroatoms. The first-order chi connectivity index (χ1) is 6.95. The molecule has 1 heterocycles. The van der Waals surface area contributed by atoms with E-state index >= 15 is 0 Å². The fraction of sp³-hybridized carbons (Fsp3) is 1.00.